The first-order valence-electron chi connectivity index (χ1n) is 0.617. The number of hydrogen-bond donors (Lipinski definition) is 0. The first kappa shape index (κ1) is 15.7. The van der Waals surface area contributed by atoms with Crippen molar-refractivity contribution in [3.05, 3.63) is 0 Å². The Morgan fingerprint density at radius 3 is 0.857 bits per heavy atom. The summed E-state index contributed by atoms with van der Waals surface area (Å²) in [5.74, 6) is 0. The van der Waals surface area contributed by atoms with Crippen molar-refractivity contribution in [2.75, 3.05) is 0 Å². The monoisotopic (exact) mass is 316 g/mol. The van der Waals surface area contributed by atoms with Crippen LogP contribution < -0.4 is 33.8 Å². The van der Waals surface area contributed by atoms with E-state index >= 15 is 0 Å². The molecule has 7 heteroatoms. The minimum Gasteiger partial charge on any atom is -0.412 e. The van der Waals surface area contributed by atoms with Crippen molar-refractivity contribution in [3.8, 4) is 0 Å². The van der Waals surface area contributed by atoms with Gasteiger partial charge in [-0.2, -0.15) is 0 Å². The summed E-state index contributed by atoms with van der Waals surface area (Å²) < 4.78 is 34.5. The number of halogens is 1. The third-order valence-corrected chi connectivity index (χ3v) is 0. The molecular formula is H2AgIO5. The summed E-state index contributed by atoms with van der Waals surface area (Å²) >= 11 is -5.94. The fourth-order valence-electron chi connectivity index (χ4n) is 0. The Labute approximate surface area is 61.5 Å². The van der Waals surface area contributed by atoms with Crippen molar-refractivity contribution in [2.45, 2.75) is 0 Å². The summed E-state index contributed by atoms with van der Waals surface area (Å²) in [5, 5.41) is 0. The van der Waals surface area contributed by atoms with Gasteiger partial charge in [-0.3, -0.25) is 13.7 Å². The molecule has 2 N–H and O–H groups in total. The predicted octanol–water partition coefficient (Wildman–Crippen LogP) is -8.58. The maximum absolute atomic E-state index is 8.62. The molecule has 0 atom stereocenters. The molecule has 0 bridgehead atoms. The fraction of sp³-hybridized carbons (Fsp3) is 0. The van der Waals surface area contributed by atoms with Gasteiger partial charge in [0.2, 0.25) is 0 Å². The fourth-order valence-corrected chi connectivity index (χ4v) is 0. The third-order valence-electron chi connectivity index (χ3n) is 0. The van der Waals surface area contributed by atoms with Gasteiger partial charge >= 0.3 is 22.4 Å². The van der Waals surface area contributed by atoms with Gasteiger partial charge in [-0.25, -0.2) is 0 Å². The molecule has 7 heavy (non-hydrogen) atoms. The SMILES string of the molecule is O.[Ag+].[O-][I+3]([O-])([O-])[O-]. The van der Waals surface area contributed by atoms with Crippen LogP contribution in [0.2, 0.25) is 0 Å². The van der Waals surface area contributed by atoms with Gasteiger partial charge in [-0.1, -0.05) is 0 Å². The Morgan fingerprint density at radius 1 is 0.857 bits per heavy atom. The maximum Gasteiger partial charge on any atom is 1.00 e. The Hall–Kier alpha value is 1.27. The van der Waals surface area contributed by atoms with Crippen LogP contribution in [-0.2, 0) is 22.4 Å². The molecule has 0 heterocycles. The van der Waals surface area contributed by atoms with E-state index in [1.807, 2.05) is 0 Å². The second-order valence-corrected chi connectivity index (χ2v) is 2.54. The quantitative estimate of drug-likeness (QED) is 0.325. The van der Waals surface area contributed by atoms with Gasteiger partial charge in [0.1, 0.15) is 20.1 Å². The molecular weight excluding hydrogens is 315 g/mol. The molecule has 0 rings (SSSR count). The van der Waals surface area contributed by atoms with Gasteiger partial charge in [0.15, 0.2) is 0 Å². The van der Waals surface area contributed by atoms with Crippen LogP contribution in [0.3, 0.4) is 0 Å². The molecule has 5 nitrogen and oxygen atoms in total. The first-order valence-corrected chi connectivity index (χ1v) is 4.14. The topological polar surface area (TPSA) is 124 Å². The zero-order valence-corrected chi connectivity index (χ0v) is 6.45. The van der Waals surface area contributed by atoms with Gasteiger partial charge in [0.05, 0.1) is 0 Å². The van der Waals surface area contributed by atoms with Crippen LogP contribution in [0.1, 0.15) is 0 Å². The molecule has 0 unspecified atom stereocenters. The molecule has 0 fully saturated rings. The van der Waals surface area contributed by atoms with E-state index in [1.54, 1.807) is 0 Å². The van der Waals surface area contributed by atoms with E-state index in [0.29, 0.717) is 0 Å². The summed E-state index contributed by atoms with van der Waals surface area (Å²) in [6.07, 6.45) is 0. The molecule has 0 aromatic carbocycles. The summed E-state index contributed by atoms with van der Waals surface area (Å²) in [4.78, 5) is 0. The van der Waals surface area contributed by atoms with E-state index in [2.05, 4.69) is 0 Å². The Balaban J connectivity index is -0.0000000800. The van der Waals surface area contributed by atoms with Gasteiger partial charge in [0, 0.05) is 0 Å². The van der Waals surface area contributed by atoms with Gasteiger partial charge in [-0.05, 0) is 0 Å². The molecule has 0 radical (unpaired) electrons. The molecule has 0 saturated carbocycles. The second-order valence-electron chi connectivity index (χ2n) is 0.378. The van der Waals surface area contributed by atoms with Crippen molar-refractivity contribution < 1.29 is 61.7 Å². The van der Waals surface area contributed by atoms with Crippen molar-refractivity contribution in [1.82, 2.24) is 0 Å². The number of hydrogen-bond acceptors (Lipinski definition) is 4. The Morgan fingerprint density at radius 2 is 0.857 bits per heavy atom. The molecule has 0 saturated heterocycles. The summed E-state index contributed by atoms with van der Waals surface area (Å²) in [7, 11) is 0. The van der Waals surface area contributed by atoms with Crippen LogP contribution in [0.4, 0.5) is 0 Å². The van der Waals surface area contributed by atoms with Crippen molar-refractivity contribution in [1.29, 1.82) is 0 Å². The van der Waals surface area contributed by atoms with Gasteiger partial charge in [-0.15, -0.1) is 0 Å². The van der Waals surface area contributed by atoms with E-state index in [9.17, 15) is 0 Å². The van der Waals surface area contributed by atoms with Crippen LogP contribution in [0.5, 0.6) is 0 Å². The summed E-state index contributed by atoms with van der Waals surface area (Å²) in [6, 6.07) is 0. The van der Waals surface area contributed by atoms with Crippen molar-refractivity contribution >= 4 is 0 Å². The molecule has 0 aliphatic rings. The minimum atomic E-state index is -5.94. The normalized spacial score (nSPS) is 8.57. The van der Waals surface area contributed by atoms with Crippen LogP contribution in [0.15, 0.2) is 0 Å². The average molecular weight is 317 g/mol. The Kier molecular flexibility index (Phi) is 12.2. The van der Waals surface area contributed by atoms with Crippen LogP contribution in [-0.4, -0.2) is 5.48 Å². The Bertz CT molecular complexity index is 23.6. The zero-order valence-electron chi connectivity index (χ0n) is 2.81. The molecule has 0 spiro atoms. The van der Waals surface area contributed by atoms with Gasteiger partial charge in [0.25, 0.3) is 0 Å². The molecule has 50 valence electrons. The smallest absolute Gasteiger partial charge is 0.412 e. The average Bonchev–Trinajstić information content (AvgIpc) is 0.722. The van der Waals surface area contributed by atoms with Crippen LogP contribution in [0.25, 0.3) is 0 Å². The molecule has 0 amide bonds. The van der Waals surface area contributed by atoms with Gasteiger partial charge < -0.3 is 5.48 Å². The van der Waals surface area contributed by atoms with E-state index < -0.39 is 20.1 Å². The standard InChI is InChI=1S/Ag.IO4.H2O/c;2-1(3,4)5;/h;;1H2/q+1;-1;. The molecule has 0 aliphatic heterocycles. The molecule has 0 aliphatic carbocycles. The first-order chi connectivity index (χ1) is 2.00. The third kappa shape index (κ3) is 125. The van der Waals surface area contributed by atoms with E-state index in [-0.39, 0.29) is 27.9 Å². The minimum absolute atomic E-state index is 0. The van der Waals surface area contributed by atoms with Crippen molar-refractivity contribution in [3.63, 3.8) is 0 Å². The maximum atomic E-state index is 8.62. The second kappa shape index (κ2) is 5.41. The molecule has 0 aromatic rings. The molecule has 0 aromatic heterocycles. The number of rotatable bonds is 0. The van der Waals surface area contributed by atoms with E-state index in [1.165, 1.54) is 0 Å². The van der Waals surface area contributed by atoms with E-state index in [4.69, 9.17) is 13.7 Å². The zero-order chi connectivity index (χ0) is 4.50. The van der Waals surface area contributed by atoms with E-state index in [0.717, 1.165) is 0 Å². The summed E-state index contributed by atoms with van der Waals surface area (Å²) in [5.41, 5.74) is 0. The van der Waals surface area contributed by atoms with Crippen LogP contribution >= 0.6 is 0 Å². The summed E-state index contributed by atoms with van der Waals surface area (Å²) in [6.45, 7) is 0. The predicted molar refractivity (Wildman–Crippen MR) is 3.61 cm³/mol. The van der Waals surface area contributed by atoms with Crippen LogP contribution in [0, 0.1) is 0 Å². The largest absolute Gasteiger partial charge is 1.00 e. The van der Waals surface area contributed by atoms with Crippen molar-refractivity contribution in [2.24, 2.45) is 0 Å².